The van der Waals surface area contributed by atoms with Gasteiger partial charge in [0.05, 0.1) is 5.69 Å². The summed E-state index contributed by atoms with van der Waals surface area (Å²) in [6, 6.07) is 3.30. The molecule has 3 rings (SSSR count). The van der Waals surface area contributed by atoms with Gasteiger partial charge in [-0.1, -0.05) is 19.3 Å². The molecule has 0 aromatic carbocycles. The molecule has 0 saturated heterocycles. The first-order valence-electron chi connectivity index (χ1n) is 7.02. The lowest BCUT2D eigenvalue weighted by atomic mass is 10.2. The van der Waals surface area contributed by atoms with Crippen molar-refractivity contribution in [1.29, 1.82) is 0 Å². The molecule has 0 aliphatic heterocycles. The smallest absolute Gasteiger partial charge is 0.324 e. The topological polar surface area (TPSA) is 73.8 Å². The molecule has 0 radical (unpaired) electrons. The van der Waals surface area contributed by atoms with Crippen molar-refractivity contribution < 1.29 is 4.79 Å². The maximum Gasteiger partial charge on any atom is 0.324 e. The molecular formula is C15H18N4O. The van der Waals surface area contributed by atoms with Gasteiger partial charge < -0.3 is 5.73 Å². The van der Waals surface area contributed by atoms with Crippen LogP contribution in [0.15, 0.2) is 30.7 Å². The van der Waals surface area contributed by atoms with Crippen LogP contribution < -0.4 is 5.73 Å². The number of carbonyl (C=O) groups is 1. The first-order chi connectivity index (χ1) is 9.74. The highest BCUT2D eigenvalue weighted by molar-refractivity contribution is 5.77. The molecule has 104 valence electrons. The third-order valence-corrected chi connectivity index (χ3v) is 3.68. The van der Waals surface area contributed by atoms with Crippen molar-refractivity contribution in [2.75, 3.05) is 0 Å². The van der Waals surface area contributed by atoms with Crippen LogP contribution >= 0.6 is 0 Å². The third kappa shape index (κ3) is 2.87. The second kappa shape index (κ2) is 5.45. The number of imidazole rings is 1. The maximum atomic E-state index is 11.5. The van der Waals surface area contributed by atoms with Crippen LogP contribution in [-0.4, -0.2) is 20.6 Å². The molecule has 1 aliphatic carbocycles. The molecule has 0 unspecified atom stereocenters. The van der Waals surface area contributed by atoms with Gasteiger partial charge in [0.25, 0.3) is 0 Å². The Bertz CT molecular complexity index is 602. The van der Waals surface area contributed by atoms with E-state index in [1.807, 2.05) is 12.1 Å². The van der Waals surface area contributed by atoms with Gasteiger partial charge in [-0.25, -0.2) is 9.78 Å². The van der Waals surface area contributed by atoms with E-state index in [1.165, 1.54) is 23.8 Å². The zero-order valence-electron chi connectivity index (χ0n) is 11.3. The monoisotopic (exact) mass is 270 g/mol. The average molecular weight is 270 g/mol. The van der Waals surface area contributed by atoms with Crippen LogP contribution in [0, 0.1) is 5.92 Å². The second-order valence-electron chi connectivity index (χ2n) is 5.33. The predicted molar refractivity (Wildman–Crippen MR) is 76.1 cm³/mol. The molecule has 0 atom stereocenters. The van der Waals surface area contributed by atoms with Gasteiger partial charge in [0, 0.05) is 30.6 Å². The summed E-state index contributed by atoms with van der Waals surface area (Å²) in [4.78, 5) is 20.1. The van der Waals surface area contributed by atoms with E-state index in [4.69, 9.17) is 5.73 Å². The highest BCUT2D eigenvalue weighted by atomic mass is 16.2. The fourth-order valence-corrected chi connectivity index (χ4v) is 2.39. The summed E-state index contributed by atoms with van der Waals surface area (Å²) < 4.78 is 1.45. The minimum Gasteiger partial charge on any atom is -0.351 e. The van der Waals surface area contributed by atoms with E-state index in [9.17, 15) is 4.79 Å². The van der Waals surface area contributed by atoms with Crippen LogP contribution in [0.1, 0.15) is 31.5 Å². The Balaban J connectivity index is 1.80. The number of hydrogen-bond donors (Lipinski definition) is 1. The van der Waals surface area contributed by atoms with E-state index < -0.39 is 6.03 Å². The molecule has 20 heavy (non-hydrogen) atoms. The number of carbonyl (C=O) groups excluding carboxylic acids is 1. The number of aryl methyl sites for hydroxylation is 1. The fourth-order valence-electron chi connectivity index (χ4n) is 2.39. The number of nitrogens with zero attached hydrogens (tertiary/aromatic N) is 3. The van der Waals surface area contributed by atoms with Gasteiger partial charge in [0.15, 0.2) is 0 Å². The van der Waals surface area contributed by atoms with Crippen LogP contribution in [0.5, 0.6) is 0 Å². The number of pyridine rings is 1. The van der Waals surface area contributed by atoms with Crippen molar-refractivity contribution in [2.45, 2.75) is 32.1 Å². The first-order valence-corrected chi connectivity index (χ1v) is 7.02. The molecule has 2 aromatic heterocycles. The van der Waals surface area contributed by atoms with E-state index in [-0.39, 0.29) is 0 Å². The number of rotatable bonds is 5. The molecule has 2 aromatic rings. The minimum absolute atomic E-state index is 0.478. The minimum atomic E-state index is -0.478. The van der Waals surface area contributed by atoms with Crippen LogP contribution in [0.4, 0.5) is 4.79 Å². The van der Waals surface area contributed by atoms with E-state index in [0.29, 0.717) is 0 Å². The van der Waals surface area contributed by atoms with Gasteiger partial charge in [-0.05, 0) is 24.5 Å². The Morgan fingerprint density at radius 3 is 2.95 bits per heavy atom. The van der Waals surface area contributed by atoms with Gasteiger partial charge in [-0.2, -0.15) is 0 Å². The molecule has 5 heteroatoms. The van der Waals surface area contributed by atoms with Crippen LogP contribution in [0.2, 0.25) is 0 Å². The number of amides is 1. The summed E-state index contributed by atoms with van der Waals surface area (Å²) in [5.41, 5.74) is 7.07. The summed E-state index contributed by atoms with van der Waals surface area (Å²) >= 11 is 0. The largest absolute Gasteiger partial charge is 0.351 e. The predicted octanol–water partition coefficient (Wildman–Crippen LogP) is 2.60. The standard InChI is InChI=1S/C15H18N4O/c16-15(20)19-10-13(12-4-2-8-17-9-12)18-14(19)5-1-3-11-6-7-11/h2,4,8-11H,1,3,5-7H2,(H2,16,20). The Morgan fingerprint density at radius 2 is 2.30 bits per heavy atom. The summed E-state index contributed by atoms with van der Waals surface area (Å²) in [7, 11) is 0. The number of hydrogen-bond acceptors (Lipinski definition) is 3. The van der Waals surface area contributed by atoms with E-state index in [0.717, 1.165) is 35.8 Å². The Kier molecular flexibility index (Phi) is 3.50. The van der Waals surface area contributed by atoms with Crippen molar-refractivity contribution in [1.82, 2.24) is 14.5 Å². The van der Waals surface area contributed by atoms with Crippen molar-refractivity contribution in [3.63, 3.8) is 0 Å². The van der Waals surface area contributed by atoms with Crippen LogP contribution in [0.25, 0.3) is 11.3 Å². The quantitative estimate of drug-likeness (QED) is 0.907. The number of aromatic nitrogens is 3. The van der Waals surface area contributed by atoms with Crippen molar-refractivity contribution in [3.8, 4) is 11.3 Å². The zero-order chi connectivity index (χ0) is 13.9. The number of primary amides is 1. The number of nitrogens with two attached hydrogens (primary N) is 1. The molecule has 1 saturated carbocycles. The van der Waals surface area contributed by atoms with E-state index in [1.54, 1.807) is 18.6 Å². The lowest BCUT2D eigenvalue weighted by Gasteiger charge is -2.02. The molecule has 1 amide bonds. The Hall–Kier alpha value is -2.17. The summed E-state index contributed by atoms with van der Waals surface area (Å²) in [6.07, 6.45) is 10.9. The molecular weight excluding hydrogens is 252 g/mol. The van der Waals surface area contributed by atoms with E-state index in [2.05, 4.69) is 9.97 Å². The van der Waals surface area contributed by atoms with Crippen molar-refractivity contribution in [3.05, 3.63) is 36.5 Å². The highest BCUT2D eigenvalue weighted by Gasteiger charge is 2.21. The van der Waals surface area contributed by atoms with Crippen LogP contribution in [0.3, 0.4) is 0 Å². The Labute approximate surface area is 117 Å². The molecule has 2 heterocycles. The van der Waals surface area contributed by atoms with Crippen molar-refractivity contribution in [2.24, 2.45) is 11.7 Å². The van der Waals surface area contributed by atoms with Gasteiger partial charge in [-0.3, -0.25) is 9.55 Å². The van der Waals surface area contributed by atoms with Gasteiger partial charge >= 0.3 is 6.03 Å². The summed E-state index contributed by atoms with van der Waals surface area (Å²) in [6.45, 7) is 0. The molecule has 1 fully saturated rings. The normalized spacial score (nSPS) is 14.4. The highest BCUT2D eigenvalue weighted by Crippen LogP contribution is 2.33. The van der Waals surface area contributed by atoms with Crippen LogP contribution in [-0.2, 0) is 6.42 Å². The van der Waals surface area contributed by atoms with Gasteiger partial charge in [-0.15, -0.1) is 0 Å². The van der Waals surface area contributed by atoms with E-state index >= 15 is 0 Å². The molecule has 2 N–H and O–H groups in total. The average Bonchev–Trinajstić information content (AvgIpc) is 3.17. The zero-order valence-corrected chi connectivity index (χ0v) is 11.3. The molecule has 1 aliphatic rings. The maximum absolute atomic E-state index is 11.5. The lowest BCUT2D eigenvalue weighted by molar-refractivity contribution is 0.249. The van der Waals surface area contributed by atoms with Crippen molar-refractivity contribution >= 4 is 6.03 Å². The summed E-state index contributed by atoms with van der Waals surface area (Å²) in [5.74, 6) is 1.64. The van der Waals surface area contributed by atoms with Gasteiger partial charge in [0.1, 0.15) is 5.82 Å². The SMILES string of the molecule is NC(=O)n1cc(-c2cccnc2)nc1CCCC1CC1. The molecule has 0 bridgehead atoms. The first kappa shape index (κ1) is 12.8. The lowest BCUT2D eigenvalue weighted by Crippen LogP contribution is -2.21. The Morgan fingerprint density at radius 1 is 1.45 bits per heavy atom. The fraction of sp³-hybridized carbons (Fsp3) is 0.400. The van der Waals surface area contributed by atoms with Gasteiger partial charge in [0.2, 0.25) is 0 Å². The third-order valence-electron chi connectivity index (χ3n) is 3.68. The molecule has 5 nitrogen and oxygen atoms in total. The summed E-state index contributed by atoms with van der Waals surface area (Å²) in [5, 5.41) is 0. The second-order valence-corrected chi connectivity index (χ2v) is 5.33. The molecule has 0 spiro atoms.